The van der Waals surface area contributed by atoms with Gasteiger partial charge in [-0.3, -0.25) is 0 Å². The van der Waals surface area contributed by atoms with Crippen molar-refractivity contribution in [3.63, 3.8) is 0 Å². The number of nitrogens with zero attached hydrogens (tertiary/aromatic N) is 2. The van der Waals surface area contributed by atoms with Gasteiger partial charge in [0, 0.05) is 31.4 Å². The average molecular weight is 362 g/mol. The van der Waals surface area contributed by atoms with Crippen molar-refractivity contribution < 1.29 is 19.4 Å². The molecule has 0 aromatic heterocycles. The van der Waals surface area contributed by atoms with Crippen LogP contribution in [0.4, 0.5) is 10.5 Å². The maximum absolute atomic E-state index is 12.4. The first kappa shape index (κ1) is 20.1. The molecule has 1 aromatic rings. The quantitative estimate of drug-likeness (QED) is 0.881. The average Bonchev–Trinajstić information content (AvgIpc) is 2.52. The lowest BCUT2D eigenvalue weighted by molar-refractivity contribution is 0.0208. The first-order valence-electron chi connectivity index (χ1n) is 9.15. The predicted octanol–water partition coefficient (Wildman–Crippen LogP) is 3.86. The Bertz CT molecular complexity index is 651. The Labute approximate surface area is 155 Å². The maximum atomic E-state index is 12.4. The summed E-state index contributed by atoms with van der Waals surface area (Å²) in [5.41, 5.74) is 0.650. The number of carboxylic acid groups (broad SMARTS) is 1. The van der Waals surface area contributed by atoms with E-state index in [-0.39, 0.29) is 17.7 Å². The summed E-state index contributed by atoms with van der Waals surface area (Å²) in [5, 5.41) is 9.25. The molecule has 0 bridgehead atoms. The molecule has 1 amide bonds. The Morgan fingerprint density at radius 3 is 2.54 bits per heavy atom. The van der Waals surface area contributed by atoms with E-state index in [0.717, 1.165) is 12.1 Å². The number of carbonyl (C=O) groups excluding carboxylic acids is 1. The predicted molar refractivity (Wildman–Crippen MR) is 102 cm³/mol. The third-order valence-electron chi connectivity index (χ3n) is 4.30. The summed E-state index contributed by atoms with van der Waals surface area (Å²) in [4.78, 5) is 27.7. The smallest absolute Gasteiger partial charge is 0.410 e. The van der Waals surface area contributed by atoms with E-state index in [2.05, 4.69) is 18.7 Å². The first-order valence-corrected chi connectivity index (χ1v) is 9.15. The fourth-order valence-electron chi connectivity index (χ4n) is 3.25. The highest BCUT2D eigenvalue weighted by molar-refractivity contribution is 5.88. The van der Waals surface area contributed by atoms with Gasteiger partial charge in [-0.25, -0.2) is 9.59 Å². The second-order valence-corrected chi connectivity index (χ2v) is 8.26. The number of rotatable bonds is 4. The van der Waals surface area contributed by atoms with E-state index in [1.165, 1.54) is 0 Å². The van der Waals surface area contributed by atoms with Gasteiger partial charge in [0.05, 0.1) is 5.56 Å². The van der Waals surface area contributed by atoms with E-state index < -0.39 is 11.6 Å². The Kier molecular flexibility index (Phi) is 6.16. The molecule has 2 rings (SSSR count). The number of carboxylic acids is 1. The summed E-state index contributed by atoms with van der Waals surface area (Å²) >= 11 is 0. The van der Waals surface area contributed by atoms with Crippen LogP contribution in [0.15, 0.2) is 24.3 Å². The highest BCUT2D eigenvalue weighted by Crippen LogP contribution is 2.26. The summed E-state index contributed by atoms with van der Waals surface area (Å²) in [6.45, 7) is 11.7. The summed E-state index contributed by atoms with van der Waals surface area (Å²) in [7, 11) is 0. The number of aromatic carboxylic acids is 1. The molecule has 1 aliphatic heterocycles. The molecule has 1 aromatic carbocycles. The number of amides is 1. The number of carbonyl (C=O) groups is 2. The SMILES string of the molecule is CC(C)CC1CN(C(=O)OC(C)(C)C)CCN1c1cccc(C(=O)O)c1. The molecule has 6 nitrogen and oxygen atoms in total. The van der Waals surface area contributed by atoms with E-state index in [9.17, 15) is 14.7 Å². The zero-order valence-corrected chi connectivity index (χ0v) is 16.4. The second kappa shape index (κ2) is 7.98. The van der Waals surface area contributed by atoms with Gasteiger partial charge in [-0.2, -0.15) is 0 Å². The number of anilines is 1. The molecule has 1 aliphatic rings. The van der Waals surface area contributed by atoms with Crippen molar-refractivity contribution in [2.24, 2.45) is 5.92 Å². The van der Waals surface area contributed by atoms with Crippen LogP contribution in [-0.2, 0) is 4.74 Å². The van der Waals surface area contributed by atoms with Crippen LogP contribution in [0.25, 0.3) is 0 Å². The van der Waals surface area contributed by atoms with Gasteiger partial charge >= 0.3 is 12.1 Å². The van der Waals surface area contributed by atoms with Crippen LogP contribution >= 0.6 is 0 Å². The van der Waals surface area contributed by atoms with Crippen LogP contribution in [-0.4, -0.2) is 53.3 Å². The second-order valence-electron chi connectivity index (χ2n) is 8.26. The van der Waals surface area contributed by atoms with Crippen LogP contribution in [0.3, 0.4) is 0 Å². The summed E-state index contributed by atoms with van der Waals surface area (Å²) in [6, 6.07) is 7.13. The van der Waals surface area contributed by atoms with Crippen LogP contribution in [0.1, 0.15) is 51.4 Å². The number of hydrogen-bond acceptors (Lipinski definition) is 4. The number of hydrogen-bond donors (Lipinski definition) is 1. The lowest BCUT2D eigenvalue weighted by atomic mass is 9.99. The van der Waals surface area contributed by atoms with Gasteiger partial charge in [0.15, 0.2) is 0 Å². The third kappa shape index (κ3) is 5.38. The van der Waals surface area contributed by atoms with Crippen molar-refractivity contribution in [2.45, 2.75) is 52.7 Å². The number of piperazine rings is 1. The highest BCUT2D eigenvalue weighted by atomic mass is 16.6. The highest BCUT2D eigenvalue weighted by Gasteiger charge is 2.32. The molecule has 1 fully saturated rings. The molecule has 0 radical (unpaired) electrons. The monoisotopic (exact) mass is 362 g/mol. The molecule has 1 heterocycles. The number of ether oxygens (including phenoxy) is 1. The molecule has 1 unspecified atom stereocenters. The van der Waals surface area contributed by atoms with Crippen molar-refractivity contribution >= 4 is 17.7 Å². The molecule has 26 heavy (non-hydrogen) atoms. The fourth-order valence-corrected chi connectivity index (χ4v) is 3.25. The molecule has 144 valence electrons. The Morgan fingerprint density at radius 1 is 1.27 bits per heavy atom. The fraction of sp³-hybridized carbons (Fsp3) is 0.600. The molecule has 1 N–H and O–H groups in total. The molecule has 0 aliphatic carbocycles. The molecule has 0 spiro atoms. The van der Waals surface area contributed by atoms with Crippen LogP contribution < -0.4 is 4.90 Å². The van der Waals surface area contributed by atoms with Crippen LogP contribution in [0.2, 0.25) is 0 Å². The lowest BCUT2D eigenvalue weighted by Crippen LogP contribution is -2.56. The minimum Gasteiger partial charge on any atom is -0.478 e. The van der Waals surface area contributed by atoms with Gasteiger partial charge in [0.2, 0.25) is 0 Å². The Hall–Kier alpha value is -2.24. The van der Waals surface area contributed by atoms with Crippen LogP contribution in [0.5, 0.6) is 0 Å². The Morgan fingerprint density at radius 2 is 1.96 bits per heavy atom. The molecule has 1 saturated heterocycles. The summed E-state index contributed by atoms with van der Waals surface area (Å²) < 4.78 is 5.51. The number of benzene rings is 1. The van der Waals surface area contributed by atoms with Crippen molar-refractivity contribution in [1.29, 1.82) is 0 Å². The van der Waals surface area contributed by atoms with E-state index in [0.29, 0.717) is 25.6 Å². The Balaban J connectivity index is 2.19. The first-order chi connectivity index (χ1) is 12.1. The topological polar surface area (TPSA) is 70.1 Å². The minimum atomic E-state index is -0.931. The van der Waals surface area contributed by atoms with Crippen molar-refractivity contribution in [2.75, 3.05) is 24.5 Å². The molecule has 0 saturated carbocycles. The molecule has 6 heteroatoms. The third-order valence-corrected chi connectivity index (χ3v) is 4.30. The zero-order chi connectivity index (χ0) is 19.5. The zero-order valence-electron chi connectivity index (χ0n) is 16.4. The van der Waals surface area contributed by atoms with E-state index >= 15 is 0 Å². The van der Waals surface area contributed by atoms with Crippen LogP contribution in [0, 0.1) is 5.92 Å². The standard InChI is InChI=1S/C20H30N2O4/c1-14(2)11-17-13-21(19(25)26-20(3,4)5)9-10-22(17)16-8-6-7-15(12-16)18(23)24/h6-8,12,14,17H,9-11,13H2,1-5H3,(H,23,24). The van der Waals surface area contributed by atoms with E-state index in [4.69, 9.17) is 4.74 Å². The van der Waals surface area contributed by atoms with Gasteiger partial charge in [-0.15, -0.1) is 0 Å². The molecular weight excluding hydrogens is 332 g/mol. The normalized spacial score (nSPS) is 18.2. The van der Waals surface area contributed by atoms with Gasteiger partial charge in [0.25, 0.3) is 0 Å². The lowest BCUT2D eigenvalue weighted by Gasteiger charge is -2.43. The maximum Gasteiger partial charge on any atom is 0.410 e. The minimum absolute atomic E-state index is 0.125. The van der Waals surface area contributed by atoms with Crippen molar-refractivity contribution in [3.8, 4) is 0 Å². The van der Waals surface area contributed by atoms with Gasteiger partial charge in [-0.1, -0.05) is 19.9 Å². The molecular formula is C20H30N2O4. The van der Waals surface area contributed by atoms with Gasteiger partial charge in [-0.05, 0) is 51.3 Å². The summed E-state index contributed by atoms with van der Waals surface area (Å²) in [6.07, 6.45) is 0.626. The van der Waals surface area contributed by atoms with E-state index in [1.54, 1.807) is 23.1 Å². The summed E-state index contributed by atoms with van der Waals surface area (Å²) in [5.74, 6) is -0.469. The van der Waals surface area contributed by atoms with Gasteiger partial charge in [0.1, 0.15) is 5.60 Å². The van der Waals surface area contributed by atoms with Gasteiger partial charge < -0.3 is 19.6 Å². The van der Waals surface area contributed by atoms with Crippen molar-refractivity contribution in [1.82, 2.24) is 4.90 Å². The largest absolute Gasteiger partial charge is 0.478 e. The molecule has 1 atom stereocenters. The van der Waals surface area contributed by atoms with Crippen molar-refractivity contribution in [3.05, 3.63) is 29.8 Å². The van der Waals surface area contributed by atoms with E-state index in [1.807, 2.05) is 26.8 Å².